The van der Waals surface area contributed by atoms with Crippen molar-refractivity contribution in [2.24, 2.45) is 5.92 Å². The molecule has 0 spiro atoms. The summed E-state index contributed by atoms with van der Waals surface area (Å²) >= 11 is 8.01. The number of amides is 1. The predicted molar refractivity (Wildman–Crippen MR) is 76.3 cm³/mol. The Morgan fingerprint density at radius 2 is 2.35 bits per heavy atom. The highest BCUT2D eigenvalue weighted by Crippen LogP contribution is 2.25. The van der Waals surface area contributed by atoms with Crippen LogP contribution >= 0.6 is 34.2 Å². The minimum Gasteiger partial charge on any atom is -0.368 e. The molecular formula is C12H13ClINO2. The summed E-state index contributed by atoms with van der Waals surface area (Å²) in [6, 6.07) is 5.39. The fraction of sp³-hybridized carbons (Fsp3) is 0.417. The van der Waals surface area contributed by atoms with Crippen LogP contribution in [0.25, 0.3) is 0 Å². The van der Waals surface area contributed by atoms with Crippen molar-refractivity contribution < 1.29 is 9.53 Å². The molecule has 3 nitrogen and oxygen atoms in total. The quantitative estimate of drug-likeness (QED) is 0.817. The van der Waals surface area contributed by atoms with Crippen LogP contribution in [-0.4, -0.2) is 18.6 Å². The first-order valence-electron chi connectivity index (χ1n) is 5.45. The Kier molecular flexibility index (Phi) is 4.27. The van der Waals surface area contributed by atoms with Crippen molar-refractivity contribution in [1.29, 1.82) is 0 Å². The van der Waals surface area contributed by atoms with Crippen molar-refractivity contribution in [2.45, 2.75) is 19.4 Å². The second-order valence-corrected chi connectivity index (χ2v) is 5.77. The number of halogens is 2. The summed E-state index contributed by atoms with van der Waals surface area (Å²) in [4.78, 5) is 12.0. The van der Waals surface area contributed by atoms with Crippen LogP contribution in [0.15, 0.2) is 18.2 Å². The first-order valence-corrected chi connectivity index (χ1v) is 6.91. The molecule has 0 bridgehead atoms. The molecule has 1 aromatic rings. The predicted octanol–water partition coefficient (Wildman–Crippen LogP) is 3.31. The second kappa shape index (κ2) is 5.54. The van der Waals surface area contributed by atoms with Crippen molar-refractivity contribution in [3.8, 4) is 0 Å². The highest BCUT2D eigenvalue weighted by molar-refractivity contribution is 14.1. The molecule has 1 N–H and O–H groups in total. The number of hydrogen-bond acceptors (Lipinski definition) is 2. The van der Waals surface area contributed by atoms with E-state index < -0.39 is 0 Å². The molecule has 0 aliphatic carbocycles. The number of carbonyl (C=O) groups is 1. The van der Waals surface area contributed by atoms with Crippen molar-refractivity contribution >= 4 is 45.8 Å². The normalized spacial score (nSPS) is 23.7. The van der Waals surface area contributed by atoms with Crippen LogP contribution in [0.5, 0.6) is 0 Å². The van der Waals surface area contributed by atoms with E-state index in [1.54, 1.807) is 6.07 Å². The van der Waals surface area contributed by atoms with Crippen molar-refractivity contribution in [3.05, 3.63) is 26.8 Å². The SMILES string of the molecule is CC1CCOC1C(=O)Nc1ccc(Cl)cc1I. The number of anilines is 1. The summed E-state index contributed by atoms with van der Waals surface area (Å²) in [5, 5.41) is 3.54. The van der Waals surface area contributed by atoms with Crippen LogP contribution < -0.4 is 5.32 Å². The summed E-state index contributed by atoms with van der Waals surface area (Å²) in [5.74, 6) is 0.204. The molecule has 1 heterocycles. The van der Waals surface area contributed by atoms with Gasteiger partial charge in [-0.25, -0.2) is 0 Å². The summed E-state index contributed by atoms with van der Waals surface area (Å²) in [7, 11) is 0. The summed E-state index contributed by atoms with van der Waals surface area (Å²) in [5.41, 5.74) is 0.780. The van der Waals surface area contributed by atoms with Crippen LogP contribution in [0, 0.1) is 9.49 Å². The van der Waals surface area contributed by atoms with Gasteiger partial charge < -0.3 is 10.1 Å². The Balaban J connectivity index is 2.07. The fourth-order valence-electron chi connectivity index (χ4n) is 1.83. The van der Waals surface area contributed by atoms with Crippen LogP contribution in [0.1, 0.15) is 13.3 Å². The topological polar surface area (TPSA) is 38.3 Å². The minimum atomic E-state index is -0.332. The van der Waals surface area contributed by atoms with E-state index in [2.05, 4.69) is 27.9 Å². The Labute approximate surface area is 119 Å². The van der Waals surface area contributed by atoms with Gasteiger partial charge in [-0.1, -0.05) is 18.5 Å². The molecule has 2 rings (SSSR count). The summed E-state index contributed by atoms with van der Waals surface area (Å²) in [6.07, 6.45) is 0.608. The zero-order chi connectivity index (χ0) is 12.4. The molecule has 1 aliphatic heterocycles. The maximum absolute atomic E-state index is 12.0. The molecule has 2 atom stereocenters. The monoisotopic (exact) mass is 365 g/mol. The first-order chi connectivity index (χ1) is 8.08. The molecule has 92 valence electrons. The third kappa shape index (κ3) is 3.11. The van der Waals surface area contributed by atoms with Crippen molar-refractivity contribution in [2.75, 3.05) is 11.9 Å². The van der Waals surface area contributed by atoms with E-state index in [0.29, 0.717) is 11.6 Å². The number of hydrogen-bond donors (Lipinski definition) is 1. The Morgan fingerprint density at radius 3 is 2.94 bits per heavy atom. The van der Waals surface area contributed by atoms with E-state index in [9.17, 15) is 4.79 Å². The van der Waals surface area contributed by atoms with Gasteiger partial charge in [0.1, 0.15) is 6.10 Å². The van der Waals surface area contributed by atoms with E-state index >= 15 is 0 Å². The molecule has 0 radical (unpaired) electrons. The van der Waals surface area contributed by atoms with Crippen molar-refractivity contribution in [1.82, 2.24) is 0 Å². The maximum atomic E-state index is 12.0. The molecule has 2 unspecified atom stereocenters. The molecule has 5 heteroatoms. The molecule has 0 saturated carbocycles. The Hall–Kier alpha value is -0.330. The lowest BCUT2D eigenvalue weighted by molar-refractivity contribution is -0.126. The summed E-state index contributed by atoms with van der Waals surface area (Å²) < 4.78 is 6.35. The number of carbonyl (C=O) groups excluding carboxylic acids is 1. The van der Waals surface area contributed by atoms with Crippen LogP contribution in [-0.2, 0) is 9.53 Å². The van der Waals surface area contributed by atoms with Gasteiger partial charge in [0.2, 0.25) is 0 Å². The second-order valence-electron chi connectivity index (χ2n) is 4.17. The van der Waals surface area contributed by atoms with Gasteiger partial charge in [0.25, 0.3) is 5.91 Å². The van der Waals surface area contributed by atoms with Crippen LogP contribution in [0.4, 0.5) is 5.69 Å². The molecule has 1 fully saturated rings. The maximum Gasteiger partial charge on any atom is 0.253 e. The Bertz CT molecular complexity index is 439. The largest absolute Gasteiger partial charge is 0.368 e. The molecule has 1 amide bonds. The van der Waals surface area contributed by atoms with E-state index in [1.165, 1.54) is 0 Å². The van der Waals surface area contributed by atoms with Crippen LogP contribution in [0.2, 0.25) is 5.02 Å². The first kappa shape index (κ1) is 13.1. The summed E-state index contributed by atoms with van der Waals surface area (Å²) in [6.45, 7) is 2.70. The lowest BCUT2D eigenvalue weighted by atomic mass is 10.0. The van der Waals surface area contributed by atoms with E-state index in [0.717, 1.165) is 15.7 Å². The lowest BCUT2D eigenvalue weighted by Crippen LogP contribution is -2.31. The molecule has 1 saturated heterocycles. The number of rotatable bonds is 2. The van der Waals surface area contributed by atoms with Crippen LogP contribution in [0.3, 0.4) is 0 Å². The standard InChI is InChI=1S/C12H13ClINO2/c1-7-4-5-17-11(7)12(16)15-10-3-2-8(13)6-9(10)14/h2-3,6-7,11H,4-5H2,1H3,(H,15,16). The number of ether oxygens (including phenoxy) is 1. The fourth-order valence-corrected chi connectivity index (χ4v) is 2.83. The number of benzene rings is 1. The van der Waals surface area contributed by atoms with E-state index in [1.807, 2.05) is 19.1 Å². The van der Waals surface area contributed by atoms with Gasteiger partial charge in [-0.2, -0.15) is 0 Å². The third-order valence-electron chi connectivity index (χ3n) is 2.83. The average Bonchev–Trinajstić information content (AvgIpc) is 2.68. The smallest absolute Gasteiger partial charge is 0.253 e. The molecular weight excluding hydrogens is 352 g/mol. The van der Waals surface area contributed by atoms with Gasteiger partial charge in [-0.3, -0.25) is 4.79 Å². The zero-order valence-corrected chi connectivity index (χ0v) is 12.3. The third-order valence-corrected chi connectivity index (χ3v) is 3.96. The minimum absolute atomic E-state index is 0.0739. The molecule has 1 aromatic carbocycles. The zero-order valence-electron chi connectivity index (χ0n) is 9.37. The highest BCUT2D eigenvalue weighted by atomic mass is 127. The van der Waals surface area contributed by atoms with Crippen molar-refractivity contribution in [3.63, 3.8) is 0 Å². The molecule has 1 aliphatic rings. The van der Waals surface area contributed by atoms with E-state index in [-0.39, 0.29) is 17.9 Å². The lowest BCUT2D eigenvalue weighted by Gasteiger charge is -2.15. The Morgan fingerprint density at radius 1 is 1.59 bits per heavy atom. The molecule has 17 heavy (non-hydrogen) atoms. The van der Waals surface area contributed by atoms with Gasteiger partial charge in [-0.15, -0.1) is 0 Å². The molecule has 0 aromatic heterocycles. The number of nitrogens with one attached hydrogen (secondary N) is 1. The van der Waals surface area contributed by atoms with Gasteiger partial charge in [0.05, 0.1) is 5.69 Å². The van der Waals surface area contributed by atoms with Gasteiger partial charge in [0.15, 0.2) is 0 Å². The van der Waals surface area contributed by atoms with Gasteiger partial charge in [-0.05, 0) is 53.1 Å². The van der Waals surface area contributed by atoms with Gasteiger partial charge >= 0.3 is 0 Å². The highest BCUT2D eigenvalue weighted by Gasteiger charge is 2.31. The van der Waals surface area contributed by atoms with Gasteiger partial charge in [0, 0.05) is 15.2 Å². The van der Waals surface area contributed by atoms with E-state index in [4.69, 9.17) is 16.3 Å². The average molecular weight is 366 g/mol.